The van der Waals surface area contributed by atoms with Crippen molar-refractivity contribution in [2.45, 2.75) is 0 Å². The van der Waals surface area contributed by atoms with Crippen molar-refractivity contribution in [3.8, 4) is 0 Å². The molecular weight excluding hydrogens is 150 g/mol. The summed E-state index contributed by atoms with van der Waals surface area (Å²) >= 11 is 0. The van der Waals surface area contributed by atoms with Gasteiger partial charge in [0.1, 0.15) is 0 Å². The first-order valence-corrected chi connectivity index (χ1v) is 2.60. The molecular formula is C4H5N5O2. The molecule has 0 radical (unpaired) electrons. The molecule has 0 fully saturated rings. The van der Waals surface area contributed by atoms with Gasteiger partial charge < -0.3 is 16.6 Å². The second-order valence-corrected chi connectivity index (χ2v) is 1.68. The van der Waals surface area contributed by atoms with Crippen molar-refractivity contribution in [2.24, 2.45) is 0 Å². The Morgan fingerprint density at radius 3 is 2.00 bits per heavy atom. The first-order chi connectivity index (χ1) is 5.09. The summed E-state index contributed by atoms with van der Waals surface area (Å²) in [5.74, 6) is -2.13. The number of carboxylic acid groups (broad SMARTS) is 1. The lowest BCUT2D eigenvalue weighted by molar-refractivity contribution is 0.0683. The molecule has 5 N–H and O–H groups in total. The minimum absolute atomic E-state index is 0.199. The monoisotopic (exact) mass is 155 g/mol. The van der Waals surface area contributed by atoms with Crippen LogP contribution in [0.3, 0.4) is 0 Å². The lowest BCUT2D eigenvalue weighted by atomic mass is 10.6. The molecule has 1 heterocycles. The SMILES string of the molecule is Nc1nc(N)nc(C(=O)O)n1. The number of aromatic carboxylic acids is 1. The fraction of sp³-hybridized carbons (Fsp3) is 0. The van der Waals surface area contributed by atoms with Gasteiger partial charge in [0.15, 0.2) is 0 Å². The number of anilines is 2. The Bertz CT molecular complexity index is 278. The van der Waals surface area contributed by atoms with Crippen LogP contribution in [0.1, 0.15) is 10.6 Å². The van der Waals surface area contributed by atoms with Gasteiger partial charge in [-0.3, -0.25) is 0 Å². The highest BCUT2D eigenvalue weighted by molar-refractivity contribution is 5.83. The van der Waals surface area contributed by atoms with Crippen LogP contribution in [-0.2, 0) is 0 Å². The summed E-state index contributed by atoms with van der Waals surface area (Å²) < 4.78 is 0. The Labute approximate surface area is 61.1 Å². The molecule has 0 saturated heterocycles. The third-order valence-electron chi connectivity index (χ3n) is 0.861. The zero-order valence-electron chi connectivity index (χ0n) is 5.35. The number of hydrogen-bond donors (Lipinski definition) is 3. The van der Waals surface area contributed by atoms with Crippen LogP contribution in [-0.4, -0.2) is 26.0 Å². The summed E-state index contributed by atoms with van der Waals surface area (Å²) in [5, 5.41) is 8.37. The molecule has 0 spiro atoms. The molecule has 0 unspecified atom stereocenters. The first kappa shape index (κ1) is 7.19. The highest BCUT2D eigenvalue weighted by Crippen LogP contribution is 1.97. The van der Waals surface area contributed by atoms with Crippen LogP contribution in [0.4, 0.5) is 11.9 Å². The summed E-state index contributed by atoms with van der Waals surface area (Å²) in [7, 11) is 0. The second kappa shape index (κ2) is 2.37. The van der Waals surface area contributed by atoms with Crippen LogP contribution in [0.2, 0.25) is 0 Å². The lowest BCUT2D eigenvalue weighted by Crippen LogP contribution is -2.10. The number of nitrogens with two attached hydrogens (primary N) is 2. The molecule has 1 aromatic heterocycles. The molecule has 0 aromatic carbocycles. The summed E-state index contributed by atoms with van der Waals surface area (Å²) in [5.41, 5.74) is 10.2. The Morgan fingerprint density at radius 2 is 1.64 bits per heavy atom. The third kappa shape index (κ3) is 1.51. The number of aromatic nitrogens is 3. The Balaban J connectivity index is 3.19. The molecule has 7 nitrogen and oxygen atoms in total. The van der Waals surface area contributed by atoms with Crippen molar-refractivity contribution in [3.63, 3.8) is 0 Å². The fourth-order valence-electron chi connectivity index (χ4n) is 0.505. The third-order valence-corrected chi connectivity index (χ3v) is 0.861. The largest absolute Gasteiger partial charge is 0.475 e. The minimum Gasteiger partial charge on any atom is -0.475 e. The first-order valence-electron chi connectivity index (χ1n) is 2.60. The van der Waals surface area contributed by atoms with E-state index in [0.717, 1.165) is 0 Å². The smallest absolute Gasteiger partial charge is 0.374 e. The van der Waals surface area contributed by atoms with Gasteiger partial charge in [0.2, 0.25) is 17.7 Å². The Hall–Kier alpha value is -1.92. The Morgan fingerprint density at radius 1 is 1.18 bits per heavy atom. The summed E-state index contributed by atoms with van der Waals surface area (Å²) in [4.78, 5) is 20.2. The quantitative estimate of drug-likeness (QED) is 0.461. The van der Waals surface area contributed by atoms with E-state index in [0.29, 0.717) is 0 Å². The van der Waals surface area contributed by atoms with E-state index >= 15 is 0 Å². The summed E-state index contributed by atoms with van der Waals surface area (Å²) in [6.07, 6.45) is 0. The average Bonchev–Trinajstić information content (AvgIpc) is 1.85. The van der Waals surface area contributed by atoms with Crippen molar-refractivity contribution in [2.75, 3.05) is 11.5 Å². The number of hydrogen-bond acceptors (Lipinski definition) is 6. The normalized spacial score (nSPS) is 9.45. The number of rotatable bonds is 1. The van der Waals surface area contributed by atoms with Gasteiger partial charge in [-0.2, -0.15) is 15.0 Å². The zero-order chi connectivity index (χ0) is 8.43. The number of nitrogens with zero attached hydrogens (tertiary/aromatic N) is 3. The van der Waals surface area contributed by atoms with E-state index < -0.39 is 11.8 Å². The average molecular weight is 155 g/mol. The molecule has 7 heteroatoms. The van der Waals surface area contributed by atoms with Crippen molar-refractivity contribution >= 4 is 17.9 Å². The van der Waals surface area contributed by atoms with E-state index in [9.17, 15) is 4.79 Å². The van der Waals surface area contributed by atoms with E-state index in [4.69, 9.17) is 16.6 Å². The lowest BCUT2D eigenvalue weighted by Gasteiger charge is -1.95. The van der Waals surface area contributed by atoms with Crippen LogP contribution in [0.5, 0.6) is 0 Å². The van der Waals surface area contributed by atoms with Gasteiger partial charge in [-0.05, 0) is 0 Å². The molecule has 1 rings (SSSR count). The van der Waals surface area contributed by atoms with Crippen molar-refractivity contribution in [3.05, 3.63) is 5.82 Å². The molecule has 0 saturated carbocycles. The zero-order valence-corrected chi connectivity index (χ0v) is 5.35. The maximum absolute atomic E-state index is 10.2. The van der Waals surface area contributed by atoms with Crippen molar-refractivity contribution < 1.29 is 9.90 Å². The van der Waals surface area contributed by atoms with Gasteiger partial charge in [0, 0.05) is 0 Å². The molecule has 0 amide bonds. The van der Waals surface area contributed by atoms with Gasteiger partial charge in [0.05, 0.1) is 0 Å². The van der Waals surface area contributed by atoms with Crippen LogP contribution < -0.4 is 11.5 Å². The Kier molecular flexibility index (Phi) is 1.55. The fourth-order valence-corrected chi connectivity index (χ4v) is 0.505. The minimum atomic E-state index is -1.29. The van der Waals surface area contributed by atoms with E-state index in [-0.39, 0.29) is 11.9 Å². The summed E-state index contributed by atoms with van der Waals surface area (Å²) in [6, 6.07) is 0. The predicted molar refractivity (Wildman–Crippen MR) is 35.6 cm³/mol. The molecule has 0 atom stereocenters. The van der Waals surface area contributed by atoms with Crippen LogP contribution in [0, 0.1) is 0 Å². The number of nitrogen functional groups attached to an aromatic ring is 2. The standard InChI is InChI=1S/C4H5N5O2/c5-3-7-1(2(10)11)8-4(6)9-3/h(H,10,11)(H4,5,6,7,8,9). The van der Waals surface area contributed by atoms with Gasteiger partial charge >= 0.3 is 5.97 Å². The molecule has 58 valence electrons. The molecule has 0 aliphatic rings. The maximum Gasteiger partial charge on any atom is 0.374 e. The van der Waals surface area contributed by atoms with E-state index in [2.05, 4.69) is 15.0 Å². The number of carboxylic acids is 1. The van der Waals surface area contributed by atoms with E-state index in [1.165, 1.54) is 0 Å². The highest BCUT2D eigenvalue weighted by Gasteiger charge is 2.08. The molecule has 0 aliphatic carbocycles. The molecule has 11 heavy (non-hydrogen) atoms. The van der Waals surface area contributed by atoms with Crippen LogP contribution in [0.25, 0.3) is 0 Å². The van der Waals surface area contributed by atoms with Gasteiger partial charge in [-0.15, -0.1) is 0 Å². The number of carbonyl (C=O) groups is 1. The van der Waals surface area contributed by atoms with Gasteiger partial charge in [-0.1, -0.05) is 0 Å². The van der Waals surface area contributed by atoms with Crippen molar-refractivity contribution in [1.29, 1.82) is 0 Å². The second-order valence-electron chi connectivity index (χ2n) is 1.68. The van der Waals surface area contributed by atoms with Gasteiger partial charge in [-0.25, -0.2) is 4.79 Å². The van der Waals surface area contributed by atoms with E-state index in [1.807, 2.05) is 0 Å². The van der Waals surface area contributed by atoms with Crippen LogP contribution >= 0.6 is 0 Å². The highest BCUT2D eigenvalue weighted by atomic mass is 16.4. The van der Waals surface area contributed by atoms with Gasteiger partial charge in [0.25, 0.3) is 0 Å². The molecule has 0 bridgehead atoms. The van der Waals surface area contributed by atoms with Crippen molar-refractivity contribution in [1.82, 2.24) is 15.0 Å². The summed E-state index contributed by atoms with van der Waals surface area (Å²) in [6.45, 7) is 0. The van der Waals surface area contributed by atoms with E-state index in [1.54, 1.807) is 0 Å². The predicted octanol–water partition coefficient (Wildman–Crippen LogP) is -1.27. The van der Waals surface area contributed by atoms with Crippen LogP contribution in [0.15, 0.2) is 0 Å². The topological polar surface area (TPSA) is 128 Å². The maximum atomic E-state index is 10.2. The molecule has 0 aliphatic heterocycles. The molecule has 1 aromatic rings.